The molecule has 6 heteroatoms. The van der Waals surface area contributed by atoms with Gasteiger partial charge in [0.05, 0.1) is 12.7 Å². The van der Waals surface area contributed by atoms with Crippen LogP contribution in [0.5, 0.6) is 11.5 Å². The number of phenols is 1. The zero-order valence-electron chi connectivity index (χ0n) is 20.5. The summed E-state index contributed by atoms with van der Waals surface area (Å²) in [5.74, 6) is -1.72. The molecule has 2 aromatic carbocycles. The molecule has 2 N–H and O–H groups in total. The van der Waals surface area contributed by atoms with E-state index < -0.39 is 11.6 Å². The Bertz CT molecular complexity index is 979. The number of aliphatic hydroxyl groups is 1. The van der Waals surface area contributed by atoms with Crippen molar-refractivity contribution in [1.29, 1.82) is 0 Å². The van der Waals surface area contributed by atoms with Gasteiger partial charge < -0.3 is 14.9 Å². The Kier molecular flexibility index (Phi) is 8.64. The molecule has 3 nitrogen and oxygen atoms in total. The van der Waals surface area contributed by atoms with Crippen molar-refractivity contribution in [3.8, 4) is 11.5 Å². The zero-order valence-corrected chi connectivity index (χ0v) is 20.5. The summed E-state index contributed by atoms with van der Waals surface area (Å²) >= 11 is 0. The molecule has 2 saturated carbocycles. The summed E-state index contributed by atoms with van der Waals surface area (Å²) in [7, 11) is 0. The molecule has 0 bridgehead atoms. The lowest BCUT2D eigenvalue weighted by Gasteiger charge is -2.32. The Morgan fingerprint density at radius 1 is 0.857 bits per heavy atom. The molecule has 2 aromatic rings. The summed E-state index contributed by atoms with van der Waals surface area (Å²) in [5, 5.41) is 19.7. The highest BCUT2D eigenvalue weighted by Crippen LogP contribution is 2.41. The molecule has 0 aromatic heterocycles. The molecular weight excluding hydrogens is 453 g/mol. The first kappa shape index (κ1) is 25.9. The van der Waals surface area contributed by atoms with Crippen LogP contribution in [-0.2, 0) is 0 Å². The molecular formula is C29H37F3O3. The number of aliphatic hydroxyl groups excluding tert-OH is 1. The number of aromatic hydroxyl groups is 1. The van der Waals surface area contributed by atoms with Crippen molar-refractivity contribution in [2.24, 2.45) is 11.8 Å². The lowest BCUT2D eigenvalue weighted by Crippen LogP contribution is -2.25. The monoisotopic (exact) mass is 490 g/mol. The smallest absolute Gasteiger partial charge is 0.200 e. The van der Waals surface area contributed by atoms with Crippen molar-refractivity contribution in [2.45, 2.75) is 89.1 Å². The average molecular weight is 491 g/mol. The standard InChI is InChI=1S/C29H37F3O3/c1-2-3-26(34)21-10-8-20(9-11-21)24-14-15-27(29(32)28(24)31)35-17-18-4-6-19(7-5-18)23-13-12-22(33)16-25(23)30/h12-16,18-21,26,33-34H,2-11,17H2,1H3. The van der Waals surface area contributed by atoms with Gasteiger partial charge in [-0.1, -0.05) is 25.5 Å². The van der Waals surface area contributed by atoms with Crippen LogP contribution in [0.2, 0.25) is 0 Å². The van der Waals surface area contributed by atoms with E-state index in [1.807, 2.05) is 0 Å². The van der Waals surface area contributed by atoms with E-state index in [4.69, 9.17) is 4.74 Å². The second-order valence-corrected chi connectivity index (χ2v) is 10.5. The molecule has 0 spiro atoms. The molecule has 1 atom stereocenters. The Morgan fingerprint density at radius 2 is 1.49 bits per heavy atom. The SMILES string of the molecule is CCCC(O)C1CCC(c2ccc(OCC3CCC(c4ccc(O)cc4F)CC3)c(F)c2F)CC1. The van der Waals surface area contributed by atoms with Crippen molar-refractivity contribution in [3.05, 3.63) is 58.9 Å². The zero-order chi connectivity index (χ0) is 24.9. The highest BCUT2D eigenvalue weighted by atomic mass is 19.2. The molecule has 2 fully saturated rings. The van der Waals surface area contributed by atoms with Crippen LogP contribution < -0.4 is 4.74 Å². The van der Waals surface area contributed by atoms with Gasteiger partial charge in [0.25, 0.3) is 0 Å². The first-order valence-electron chi connectivity index (χ1n) is 13.1. The average Bonchev–Trinajstić information content (AvgIpc) is 2.86. The maximum Gasteiger partial charge on any atom is 0.200 e. The van der Waals surface area contributed by atoms with Crippen molar-refractivity contribution in [1.82, 2.24) is 0 Å². The lowest BCUT2D eigenvalue weighted by molar-refractivity contribution is 0.0727. The first-order chi connectivity index (χ1) is 16.9. The Morgan fingerprint density at radius 3 is 2.14 bits per heavy atom. The van der Waals surface area contributed by atoms with Crippen molar-refractivity contribution in [2.75, 3.05) is 6.61 Å². The van der Waals surface area contributed by atoms with Gasteiger partial charge in [-0.2, -0.15) is 4.39 Å². The van der Waals surface area contributed by atoms with Crippen LogP contribution in [0.1, 0.15) is 94.1 Å². The van der Waals surface area contributed by atoms with E-state index in [0.29, 0.717) is 17.7 Å². The number of hydrogen-bond donors (Lipinski definition) is 2. The third-order valence-corrected chi connectivity index (χ3v) is 8.16. The van der Waals surface area contributed by atoms with Gasteiger partial charge in [-0.25, -0.2) is 8.78 Å². The fraction of sp³-hybridized carbons (Fsp3) is 0.586. The van der Waals surface area contributed by atoms with Gasteiger partial charge in [0.2, 0.25) is 5.82 Å². The molecule has 4 rings (SSSR count). The van der Waals surface area contributed by atoms with Gasteiger partial charge in [0.15, 0.2) is 11.6 Å². The van der Waals surface area contributed by atoms with E-state index in [2.05, 4.69) is 6.92 Å². The molecule has 0 saturated heterocycles. The first-order valence-corrected chi connectivity index (χ1v) is 13.1. The molecule has 35 heavy (non-hydrogen) atoms. The summed E-state index contributed by atoms with van der Waals surface area (Å²) in [6.07, 6.45) is 7.85. The number of hydrogen-bond acceptors (Lipinski definition) is 3. The van der Waals surface area contributed by atoms with E-state index in [0.717, 1.165) is 70.3 Å². The normalized spacial score (nSPS) is 25.9. The summed E-state index contributed by atoms with van der Waals surface area (Å²) in [4.78, 5) is 0. The lowest BCUT2D eigenvalue weighted by atomic mass is 9.76. The van der Waals surface area contributed by atoms with Gasteiger partial charge >= 0.3 is 0 Å². The fourth-order valence-corrected chi connectivity index (χ4v) is 6.01. The summed E-state index contributed by atoms with van der Waals surface area (Å²) in [6.45, 7) is 2.36. The quantitative estimate of drug-likeness (QED) is 0.401. The largest absolute Gasteiger partial charge is 0.508 e. The predicted octanol–water partition coefficient (Wildman–Crippen LogP) is 7.60. The number of ether oxygens (including phenoxy) is 1. The van der Waals surface area contributed by atoms with Crippen LogP contribution in [0, 0.1) is 29.3 Å². The van der Waals surface area contributed by atoms with Crippen LogP contribution in [0.3, 0.4) is 0 Å². The molecule has 1 unspecified atom stereocenters. The van der Waals surface area contributed by atoms with Gasteiger partial charge in [0.1, 0.15) is 11.6 Å². The summed E-state index contributed by atoms with van der Waals surface area (Å²) < 4.78 is 49.6. The molecule has 0 radical (unpaired) electrons. The third kappa shape index (κ3) is 6.14. The van der Waals surface area contributed by atoms with Gasteiger partial charge in [0, 0.05) is 6.07 Å². The minimum absolute atomic E-state index is 0.0285. The van der Waals surface area contributed by atoms with E-state index in [-0.39, 0.29) is 47.1 Å². The van der Waals surface area contributed by atoms with E-state index in [1.54, 1.807) is 18.2 Å². The maximum atomic E-state index is 14.9. The van der Waals surface area contributed by atoms with Gasteiger partial charge in [-0.05, 0) is 105 Å². The van der Waals surface area contributed by atoms with Crippen LogP contribution in [0.15, 0.2) is 30.3 Å². The molecule has 192 valence electrons. The number of rotatable bonds is 8. The van der Waals surface area contributed by atoms with Crippen LogP contribution in [0.25, 0.3) is 0 Å². The second kappa shape index (κ2) is 11.7. The van der Waals surface area contributed by atoms with Gasteiger partial charge in [-0.15, -0.1) is 0 Å². The van der Waals surface area contributed by atoms with Crippen molar-refractivity contribution < 1.29 is 28.1 Å². The Labute approximate surface area is 206 Å². The summed E-state index contributed by atoms with van der Waals surface area (Å²) in [6, 6.07) is 7.50. The van der Waals surface area contributed by atoms with E-state index in [1.165, 1.54) is 6.07 Å². The number of benzene rings is 2. The molecule has 0 heterocycles. The Hall–Kier alpha value is -2.21. The van der Waals surface area contributed by atoms with Crippen LogP contribution >= 0.6 is 0 Å². The Balaban J connectivity index is 1.29. The minimum Gasteiger partial charge on any atom is -0.508 e. The molecule has 2 aliphatic carbocycles. The number of halogens is 3. The van der Waals surface area contributed by atoms with Crippen LogP contribution in [0.4, 0.5) is 13.2 Å². The molecule has 2 aliphatic rings. The van der Waals surface area contributed by atoms with Gasteiger partial charge in [-0.3, -0.25) is 0 Å². The van der Waals surface area contributed by atoms with E-state index >= 15 is 0 Å². The fourth-order valence-electron chi connectivity index (χ4n) is 6.01. The highest BCUT2D eigenvalue weighted by Gasteiger charge is 2.30. The third-order valence-electron chi connectivity index (χ3n) is 8.16. The topological polar surface area (TPSA) is 49.7 Å². The second-order valence-electron chi connectivity index (χ2n) is 10.5. The highest BCUT2D eigenvalue weighted by molar-refractivity contribution is 5.33. The number of phenolic OH excluding ortho intramolecular Hbond substituents is 1. The maximum absolute atomic E-state index is 14.9. The van der Waals surface area contributed by atoms with Crippen LogP contribution in [-0.4, -0.2) is 22.9 Å². The van der Waals surface area contributed by atoms with E-state index in [9.17, 15) is 23.4 Å². The predicted molar refractivity (Wildman–Crippen MR) is 130 cm³/mol. The molecule has 0 amide bonds. The minimum atomic E-state index is -0.921. The van der Waals surface area contributed by atoms with Crippen molar-refractivity contribution in [3.63, 3.8) is 0 Å². The molecule has 0 aliphatic heterocycles. The summed E-state index contributed by atoms with van der Waals surface area (Å²) in [5.41, 5.74) is 1.04. The van der Waals surface area contributed by atoms with Crippen molar-refractivity contribution >= 4 is 0 Å².